The molecule has 9 heteroatoms. The largest absolute Gasteiger partial charge is 0.446 e. The molecule has 3 aromatic heterocycles. The fourth-order valence-electron chi connectivity index (χ4n) is 3.16. The number of imidazole rings is 1. The van der Waals surface area contributed by atoms with E-state index in [2.05, 4.69) is 20.2 Å². The predicted octanol–water partition coefficient (Wildman–Crippen LogP) is 4.29. The number of aromatic nitrogens is 4. The lowest BCUT2D eigenvalue weighted by atomic mass is 9.94. The van der Waals surface area contributed by atoms with Crippen molar-refractivity contribution in [2.45, 2.75) is 20.0 Å². The van der Waals surface area contributed by atoms with E-state index in [-0.39, 0.29) is 23.6 Å². The first-order valence-corrected chi connectivity index (χ1v) is 9.21. The molecule has 0 spiro atoms. The van der Waals surface area contributed by atoms with E-state index in [0.717, 1.165) is 17.2 Å². The minimum absolute atomic E-state index is 0.0778. The third-order valence-electron chi connectivity index (χ3n) is 4.54. The summed E-state index contributed by atoms with van der Waals surface area (Å²) < 4.78 is 40.2. The van der Waals surface area contributed by atoms with Crippen molar-refractivity contribution in [3.63, 3.8) is 0 Å². The third-order valence-corrected chi connectivity index (χ3v) is 4.54. The van der Waals surface area contributed by atoms with Crippen molar-refractivity contribution in [3.05, 3.63) is 71.7 Å². The molecule has 0 atom stereocenters. The fourth-order valence-corrected chi connectivity index (χ4v) is 3.16. The van der Waals surface area contributed by atoms with Crippen LogP contribution < -0.4 is 4.74 Å². The Bertz CT molecular complexity index is 1340. The number of hydrogen-bond acceptors (Lipinski definition) is 6. The second-order valence-electron chi connectivity index (χ2n) is 6.97. The van der Waals surface area contributed by atoms with Gasteiger partial charge in [-0.15, -0.1) is 5.10 Å². The normalized spacial score (nSPS) is 13.4. The molecule has 7 nitrogen and oxygen atoms in total. The van der Waals surface area contributed by atoms with Crippen LogP contribution in [0.2, 0.25) is 0 Å². The third kappa shape index (κ3) is 3.04. The Labute approximate surface area is 169 Å². The minimum atomic E-state index is -0.660. The van der Waals surface area contributed by atoms with E-state index in [1.54, 1.807) is 16.8 Å². The fraction of sp³-hybridized carbons (Fsp3) is 0.143. The summed E-state index contributed by atoms with van der Waals surface area (Å²) in [6.45, 7) is 3.72. The zero-order chi connectivity index (χ0) is 20.8. The van der Waals surface area contributed by atoms with Crippen molar-refractivity contribution in [1.29, 1.82) is 0 Å². The van der Waals surface area contributed by atoms with Crippen molar-refractivity contribution in [2.75, 3.05) is 0 Å². The van der Waals surface area contributed by atoms with E-state index in [1.165, 1.54) is 12.1 Å². The van der Waals surface area contributed by atoms with Gasteiger partial charge in [-0.05, 0) is 38.1 Å². The molecule has 0 N–H and O–H groups in total. The number of fused-ring (bicyclic) bond motifs is 1. The van der Waals surface area contributed by atoms with Crippen LogP contribution in [-0.2, 0) is 0 Å². The van der Waals surface area contributed by atoms with Crippen LogP contribution in [0.15, 0.2) is 58.3 Å². The van der Waals surface area contributed by atoms with Gasteiger partial charge in [-0.2, -0.15) is 0 Å². The Morgan fingerprint density at radius 2 is 1.97 bits per heavy atom. The van der Waals surface area contributed by atoms with Gasteiger partial charge in [0.2, 0.25) is 0 Å². The molecule has 4 heterocycles. The summed E-state index contributed by atoms with van der Waals surface area (Å²) in [5, 5.41) is 7.92. The standard InChI is InChI=1S/C21H15F2N5O2/c1-11(2)29-21-27-26-20(30-21)17-9-24-18-6-3-12(10-28(17)18)15-8-25-19(15)14-5-4-13(22)7-16(14)23/h3-11H,1-2H3. The molecule has 4 aromatic rings. The van der Waals surface area contributed by atoms with Gasteiger partial charge in [-0.1, -0.05) is 5.10 Å². The highest BCUT2D eigenvalue weighted by Crippen LogP contribution is 2.30. The van der Waals surface area contributed by atoms with Crippen molar-refractivity contribution in [2.24, 2.45) is 4.99 Å². The highest BCUT2D eigenvalue weighted by atomic mass is 19.1. The van der Waals surface area contributed by atoms with Gasteiger partial charge in [-0.3, -0.25) is 9.39 Å². The van der Waals surface area contributed by atoms with Crippen LogP contribution >= 0.6 is 0 Å². The van der Waals surface area contributed by atoms with Crippen LogP contribution in [0.4, 0.5) is 8.78 Å². The van der Waals surface area contributed by atoms with E-state index in [1.807, 2.05) is 32.2 Å². The molecule has 0 aliphatic carbocycles. The predicted molar refractivity (Wildman–Crippen MR) is 105 cm³/mol. The molecule has 0 bridgehead atoms. The highest BCUT2D eigenvalue weighted by Gasteiger charge is 2.23. The number of nitrogens with zero attached hydrogens (tertiary/aromatic N) is 5. The van der Waals surface area contributed by atoms with E-state index < -0.39 is 11.6 Å². The van der Waals surface area contributed by atoms with E-state index in [4.69, 9.17) is 9.15 Å². The first-order valence-electron chi connectivity index (χ1n) is 9.21. The van der Waals surface area contributed by atoms with Crippen LogP contribution in [-0.4, -0.2) is 31.4 Å². The topological polar surface area (TPSA) is 77.8 Å². The number of ether oxygens (including phenoxy) is 1. The maximum Gasteiger partial charge on any atom is 0.415 e. The summed E-state index contributed by atoms with van der Waals surface area (Å²) >= 11 is 0. The monoisotopic (exact) mass is 407 g/mol. The number of pyridine rings is 1. The average Bonchev–Trinajstić information content (AvgIpc) is 3.29. The molecule has 0 unspecified atom stereocenters. The smallest absolute Gasteiger partial charge is 0.415 e. The second kappa shape index (κ2) is 6.87. The van der Waals surface area contributed by atoms with Crippen LogP contribution in [0.25, 0.3) is 22.8 Å². The second-order valence-corrected chi connectivity index (χ2v) is 6.97. The summed E-state index contributed by atoms with van der Waals surface area (Å²) in [6, 6.07) is 7.11. The van der Waals surface area contributed by atoms with Gasteiger partial charge in [0, 0.05) is 35.2 Å². The van der Waals surface area contributed by atoms with Gasteiger partial charge >= 0.3 is 6.08 Å². The molecule has 0 saturated heterocycles. The van der Waals surface area contributed by atoms with Gasteiger partial charge < -0.3 is 9.15 Å². The van der Waals surface area contributed by atoms with Crippen LogP contribution in [0.1, 0.15) is 25.0 Å². The van der Waals surface area contributed by atoms with Crippen molar-refractivity contribution < 1.29 is 17.9 Å². The molecular weight excluding hydrogens is 392 g/mol. The summed E-state index contributed by atoms with van der Waals surface area (Å²) in [7, 11) is 0. The van der Waals surface area contributed by atoms with Crippen LogP contribution in [0.3, 0.4) is 0 Å². The van der Waals surface area contributed by atoms with Gasteiger partial charge in [-0.25, -0.2) is 13.8 Å². The Balaban J connectivity index is 1.50. The van der Waals surface area contributed by atoms with E-state index in [9.17, 15) is 8.78 Å². The molecule has 30 heavy (non-hydrogen) atoms. The number of allylic oxidation sites excluding steroid dienone is 1. The first kappa shape index (κ1) is 18.2. The summed E-state index contributed by atoms with van der Waals surface area (Å²) in [5.41, 5.74) is 3.48. The number of aliphatic imine (C=N–C) groups is 1. The number of benzene rings is 1. The van der Waals surface area contributed by atoms with Gasteiger partial charge in [0.25, 0.3) is 5.89 Å². The SMILES string of the molecule is CC(C)Oc1nnc(-c2cnc3ccc(C4=CN=C4c4ccc(F)cc4F)cn23)o1. The van der Waals surface area contributed by atoms with Crippen LogP contribution in [0.5, 0.6) is 6.08 Å². The molecule has 0 saturated carbocycles. The molecule has 0 radical (unpaired) electrons. The van der Waals surface area contributed by atoms with E-state index in [0.29, 0.717) is 17.1 Å². The van der Waals surface area contributed by atoms with Gasteiger partial charge in [0.1, 0.15) is 23.0 Å². The number of halogens is 2. The van der Waals surface area contributed by atoms with Crippen LogP contribution in [0, 0.1) is 11.6 Å². The lowest BCUT2D eigenvalue weighted by molar-refractivity contribution is 0.177. The zero-order valence-corrected chi connectivity index (χ0v) is 16.0. The average molecular weight is 407 g/mol. The summed E-state index contributed by atoms with van der Waals surface area (Å²) in [5.74, 6) is -1.03. The number of rotatable bonds is 5. The molecule has 0 amide bonds. The molecule has 1 aliphatic heterocycles. The lowest BCUT2D eigenvalue weighted by Gasteiger charge is -2.18. The Morgan fingerprint density at radius 1 is 1.10 bits per heavy atom. The Morgan fingerprint density at radius 3 is 2.70 bits per heavy atom. The molecule has 0 fully saturated rings. The maximum atomic E-state index is 14.2. The lowest BCUT2D eigenvalue weighted by Crippen LogP contribution is -2.13. The van der Waals surface area contributed by atoms with E-state index >= 15 is 0 Å². The summed E-state index contributed by atoms with van der Waals surface area (Å²) in [4.78, 5) is 8.53. The minimum Gasteiger partial charge on any atom is -0.446 e. The maximum absolute atomic E-state index is 14.2. The van der Waals surface area contributed by atoms with Crippen molar-refractivity contribution in [3.8, 4) is 17.7 Å². The first-order chi connectivity index (χ1) is 14.5. The van der Waals surface area contributed by atoms with Crippen molar-refractivity contribution in [1.82, 2.24) is 19.6 Å². The molecule has 5 rings (SSSR count). The molecule has 150 valence electrons. The Hall–Kier alpha value is -3.88. The molecular formula is C21H15F2N5O2. The molecule has 1 aliphatic rings. The zero-order valence-electron chi connectivity index (χ0n) is 16.0. The highest BCUT2D eigenvalue weighted by molar-refractivity contribution is 6.35. The van der Waals surface area contributed by atoms with Gasteiger partial charge in [0.05, 0.1) is 18.0 Å². The quantitative estimate of drug-likeness (QED) is 0.493. The number of hydrogen-bond donors (Lipinski definition) is 0. The Kier molecular flexibility index (Phi) is 4.16. The van der Waals surface area contributed by atoms with Crippen molar-refractivity contribution >= 4 is 16.9 Å². The van der Waals surface area contributed by atoms with Gasteiger partial charge in [0.15, 0.2) is 0 Å². The molecule has 1 aromatic carbocycles. The summed E-state index contributed by atoms with van der Waals surface area (Å²) in [6.07, 6.45) is 5.07.